The number of hydrogen-bond acceptors (Lipinski definition) is 2. The molecule has 52 valence electrons. The van der Waals surface area contributed by atoms with Gasteiger partial charge >= 0.3 is 24.8 Å². The van der Waals surface area contributed by atoms with Gasteiger partial charge in [0.25, 0.3) is 0 Å². The van der Waals surface area contributed by atoms with E-state index in [4.69, 9.17) is 4.74 Å². The summed E-state index contributed by atoms with van der Waals surface area (Å²) < 4.78 is 4.78. The zero-order valence-electron chi connectivity index (χ0n) is 5.33. The van der Waals surface area contributed by atoms with E-state index in [1.54, 1.807) is 6.07 Å². The molecule has 0 saturated heterocycles. The van der Waals surface area contributed by atoms with Gasteiger partial charge in [0.2, 0.25) is 0 Å². The first-order chi connectivity index (χ1) is 4.88. The molecular formula is C8H7LiO2. The second kappa shape index (κ2) is 3.12. The molecule has 1 aliphatic heterocycles. The van der Waals surface area contributed by atoms with Gasteiger partial charge < -0.3 is 4.74 Å². The third kappa shape index (κ3) is 1.33. The van der Waals surface area contributed by atoms with Gasteiger partial charge in [-0.3, -0.25) is 0 Å². The molecule has 0 fully saturated rings. The molecule has 0 atom stereocenters. The number of benzene rings is 1. The molecule has 1 aliphatic rings. The molecule has 0 saturated carbocycles. The van der Waals surface area contributed by atoms with Crippen molar-refractivity contribution in [3.63, 3.8) is 0 Å². The summed E-state index contributed by atoms with van der Waals surface area (Å²) in [5.74, 6) is -0.199. The Hall–Kier alpha value is -0.713. The molecule has 0 aliphatic carbocycles. The Bertz CT molecular complexity index is 283. The van der Waals surface area contributed by atoms with Gasteiger partial charge in [0.15, 0.2) is 0 Å². The van der Waals surface area contributed by atoms with E-state index in [0.29, 0.717) is 12.2 Å². The molecule has 2 rings (SSSR count). The van der Waals surface area contributed by atoms with Crippen molar-refractivity contribution in [1.29, 1.82) is 0 Å². The second-order valence-electron chi connectivity index (χ2n) is 2.23. The molecule has 0 radical (unpaired) electrons. The van der Waals surface area contributed by atoms with Crippen LogP contribution in [0.4, 0.5) is 0 Å². The van der Waals surface area contributed by atoms with Crippen molar-refractivity contribution in [2.45, 2.75) is 6.61 Å². The first-order valence-electron chi connectivity index (χ1n) is 3.13. The van der Waals surface area contributed by atoms with Crippen LogP contribution < -0.4 is 0 Å². The number of carbonyl (C=O) groups excluding carboxylic acids is 1. The minimum absolute atomic E-state index is 0. The third-order valence-corrected chi connectivity index (χ3v) is 1.60. The van der Waals surface area contributed by atoms with Crippen LogP contribution in [-0.2, 0) is 11.3 Å². The SMILES string of the molecule is O=C1OCc2ccccc21.[LiH]. The Kier molecular flexibility index (Phi) is 2.38. The van der Waals surface area contributed by atoms with Gasteiger partial charge in [-0.15, -0.1) is 0 Å². The van der Waals surface area contributed by atoms with Crippen LogP contribution in [0.2, 0.25) is 0 Å². The van der Waals surface area contributed by atoms with Gasteiger partial charge in [-0.2, -0.15) is 0 Å². The Balaban J connectivity index is 0.000000605. The summed E-state index contributed by atoms with van der Waals surface area (Å²) in [5.41, 5.74) is 1.70. The molecule has 0 unspecified atom stereocenters. The van der Waals surface area contributed by atoms with Crippen molar-refractivity contribution < 1.29 is 9.53 Å². The summed E-state index contributed by atoms with van der Waals surface area (Å²) in [5, 5.41) is 0. The van der Waals surface area contributed by atoms with Crippen LogP contribution in [0.25, 0.3) is 0 Å². The van der Waals surface area contributed by atoms with Crippen LogP contribution in [0.1, 0.15) is 15.9 Å². The summed E-state index contributed by atoms with van der Waals surface area (Å²) in [6.45, 7) is 0.439. The third-order valence-electron chi connectivity index (χ3n) is 1.60. The number of cyclic esters (lactones) is 1. The molecule has 0 bridgehead atoms. The zero-order valence-corrected chi connectivity index (χ0v) is 5.33. The summed E-state index contributed by atoms with van der Waals surface area (Å²) in [4.78, 5) is 10.8. The van der Waals surface area contributed by atoms with Crippen molar-refractivity contribution in [1.82, 2.24) is 0 Å². The van der Waals surface area contributed by atoms with E-state index in [1.165, 1.54) is 0 Å². The predicted octanol–water partition coefficient (Wildman–Crippen LogP) is 0.708. The fourth-order valence-corrected chi connectivity index (χ4v) is 1.07. The Morgan fingerprint density at radius 1 is 1.27 bits per heavy atom. The number of rotatable bonds is 0. The fraction of sp³-hybridized carbons (Fsp3) is 0.125. The van der Waals surface area contributed by atoms with Crippen LogP contribution in [0, 0.1) is 0 Å². The van der Waals surface area contributed by atoms with Crippen molar-refractivity contribution in [3.8, 4) is 0 Å². The molecule has 3 heteroatoms. The predicted molar refractivity (Wildman–Crippen MR) is 42.7 cm³/mol. The minimum atomic E-state index is -0.199. The van der Waals surface area contributed by atoms with Crippen LogP contribution in [0.3, 0.4) is 0 Å². The van der Waals surface area contributed by atoms with Gasteiger partial charge in [0.05, 0.1) is 5.56 Å². The number of fused-ring (bicyclic) bond motifs is 1. The van der Waals surface area contributed by atoms with Crippen LogP contribution in [-0.4, -0.2) is 24.8 Å². The van der Waals surface area contributed by atoms with E-state index >= 15 is 0 Å². The maximum atomic E-state index is 10.8. The molecule has 1 aromatic carbocycles. The summed E-state index contributed by atoms with van der Waals surface area (Å²) in [7, 11) is 0. The van der Waals surface area contributed by atoms with Gasteiger partial charge in [-0.05, 0) is 6.07 Å². The van der Waals surface area contributed by atoms with Gasteiger partial charge in [0.1, 0.15) is 6.61 Å². The standard InChI is InChI=1S/C8H6O2.Li.H/c9-8-7-4-2-1-3-6(7)5-10-8;;/h1-4H,5H2;;. The average Bonchev–Trinajstić information content (AvgIpc) is 2.34. The molecule has 1 heterocycles. The van der Waals surface area contributed by atoms with Crippen molar-refractivity contribution >= 4 is 24.8 Å². The molecule has 11 heavy (non-hydrogen) atoms. The summed E-state index contributed by atoms with van der Waals surface area (Å²) >= 11 is 0. The quantitative estimate of drug-likeness (QED) is 0.394. The first kappa shape index (κ1) is 8.38. The molecule has 0 aromatic heterocycles. The normalized spacial score (nSPS) is 13.3. The van der Waals surface area contributed by atoms with Gasteiger partial charge in [0, 0.05) is 5.56 Å². The van der Waals surface area contributed by atoms with E-state index in [9.17, 15) is 4.79 Å². The number of carbonyl (C=O) groups is 1. The molecular weight excluding hydrogens is 135 g/mol. The fourth-order valence-electron chi connectivity index (χ4n) is 1.07. The van der Waals surface area contributed by atoms with E-state index in [-0.39, 0.29) is 24.8 Å². The Labute approximate surface area is 76.7 Å². The topological polar surface area (TPSA) is 26.3 Å². The number of ether oxygens (including phenoxy) is 1. The molecule has 2 nitrogen and oxygen atoms in total. The van der Waals surface area contributed by atoms with Crippen LogP contribution >= 0.6 is 0 Å². The summed E-state index contributed by atoms with van der Waals surface area (Å²) in [6.07, 6.45) is 0. The van der Waals surface area contributed by atoms with E-state index in [0.717, 1.165) is 5.56 Å². The van der Waals surface area contributed by atoms with E-state index in [2.05, 4.69) is 0 Å². The molecule has 1 aromatic rings. The average molecular weight is 142 g/mol. The van der Waals surface area contributed by atoms with Crippen molar-refractivity contribution in [2.24, 2.45) is 0 Å². The van der Waals surface area contributed by atoms with E-state index < -0.39 is 0 Å². The van der Waals surface area contributed by atoms with Gasteiger partial charge in [-0.25, -0.2) is 4.79 Å². The second-order valence-corrected chi connectivity index (χ2v) is 2.23. The maximum absolute atomic E-state index is 10.8. The summed E-state index contributed by atoms with van der Waals surface area (Å²) in [6, 6.07) is 7.43. The van der Waals surface area contributed by atoms with Crippen LogP contribution in [0.15, 0.2) is 24.3 Å². The zero-order chi connectivity index (χ0) is 6.97. The monoisotopic (exact) mass is 142 g/mol. The van der Waals surface area contributed by atoms with Gasteiger partial charge in [-0.1, -0.05) is 18.2 Å². The molecule has 0 N–H and O–H groups in total. The Morgan fingerprint density at radius 2 is 2.00 bits per heavy atom. The molecule has 0 amide bonds. The van der Waals surface area contributed by atoms with Crippen molar-refractivity contribution in [2.75, 3.05) is 0 Å². The first-order valence-corrected chi connectivity index (χ1v) is 3.13. The Morgan fingerprint density at radius 3 is 2.73 bits per heavy atom. The van der Waals surface area contributed by atoms with Crippen LogP contribution in [0.5, 0.6) is 0 Å². The number of hydrogen-bond donors (Lipinski definition) is 0. The van der Waals surface area contributed by atoms with E-state index in [1.807, 2.05) is 18.2 Å². The molecule has 0 spiro atoms. The number of esters is 1. The van der Waals surface area contributed by atoms with Crippen molar-refractivity contribution in [3.05, 3.63) is 35.4 Å².